The van der Waals surface area contributed by atoms with Gasteiger partial charge < -0.3 is 20.3 Å². The lowest BCUT2D eigenvalue weighted by atomic mass is 9.78. The van der Waals surface area contributed by atoms with Crippen molar-refractivity contribution in [3.63, 3.8) is 0 Å². The lowest BCUT2D eigenvalue weighted by molar-refractivity contribution is -0.136. The highest BCUT2D eigenvalue weighted by Crippen LogP contribution is 2.51. The second-order valence-corrected chi connectivity index (χ2v) is 15.6. The van der Waals surface area contributed by atoms with Gasteiger partial charge in [-0.2, -0.15) is 0 Å². The van der Waals surface area contributed by atoms with E-state index in [1.165, 1.54) is 12.2 Å². The minimum atomic E-state index is -2.44. The van der Waals surface area contributed by atoms with Crippen molar-refractivity contribution in [3.05, 3.63) is 94.6 Å². The molecule has 10 heteroatoms. The normalized spacial score (nSPS) is 19.0. The number of benzene rings is 3. The van der Waals surface area contributed by atoms with Gasteiger partial charge in [-0.1, -0.05) is 31.4 Å². The summed E-state index contributed by atoms with van der Waals surface area (Å²) in [5, 5.41) is 26.1. The Balaban J connectivity index is 1.34. The molecule has 0 bridgehead atoms. The van der Waals surface area contributed by atoms with Gasteiger partial charge in [-0.05, 0) is 64.9 Å². The molecular weight excluding hydrogens is 552 g/mol. The topological polar surface area (TPSA) is 133 Å². The summed E-state index contributed by atoms with van der Waals surface area (Å²) in [6.07, 6.45) is 5.58. The SMILES string of the molecule is O=C(NCCN1C(=O)C=CC1=O)c1ccc2c(c1)C1(OC2=O)c2ccc(O)cc2[Si]2(CCCCC2)c2cc(O)ccc21. The highest BCUT2D eigenvalue weighted by atomic mass is 28.3. The lowest BCUT2D eigenvalue weighted by Gasteiger charge is -2.48. The number of imide groups is 1. The zero-order valence-corrected chi connectivity index (χ0v) is 23.7. The first-order valence-corrected chi connectivity index (χ1v) is 16.5. The predicted octanol–water partition coefficient (Wildman–Crippen LogP) is 2.28. The first-order chi connectivity index (χ1) is 20.2. The van der Waals surface area contributed by atoms with Crippen molar-refractivity contribution in [3.8, 4) is 11.5 Å². The number of hydrogen-bond donors (Lipinski definition) is 3. The number of fused-ring (bicyclic) bond motifs is 8. The van der Waals surface area contributed by atoms with Gasteiger partial charge in [0.25, 0.3) is 17.7 Å². The van der Waals surface area contributed by atoms with Crippen molar-refractivity contribution in [1.29, 1.82) is 0 Å². The van der Waals surface area contributed by atoms with Crippen LogP contribution in [-0.4, -0.2) is 60.0 Å². The number of amides is 3. The van der Waals surface area contributed by atoms with Gasteiger partial charge in [-0.25, -0.2) is 4.79 Å². The molecule has 0 unspecified atom stereocenters. The van der Waals surface area contributed by atoms with E-state index in [4.69, 9.17) is 4.74 Å². The minimum Gasteiger partial charge on any atom is -0.508 e. The summed E-state index contributed by atoms with van der Waals surface area (Å²) in [7, 11) is -2.44. The van der Waals surface area contributed by atoms with Crippen LogP contribution in [-0.2, 0) is 19.9 Å². The molecule has 3 amide bonds. The first-order valence-electron chi connectivity index (χ1n) is 14.1. The predicted molar refractivity (Wildman–Crippen MR) is 155 cm³/mol. The van der Waals surface area contributed by atoms with Crippen LogP contribution >= 0.6 is 0 Å². The minimum absolute atomic E-state index is 0.0350. The molecule has 3 N–H and O–H groups in total. The van der Waals surface area contributed by atoms with Crippen molar-refractivity contribution < 1.29 is 34.1 Å². The van der Waals surface area contributed by atoms with Crippen LogP contribution < -0.4 is 15.7 Å². The molecule has 0 radical (unpaired) electrons. The van der Waals surface area contributed by atoms with E-state index in [9.17, 15) is 29.4 Å². The van der Waals surface area contributed by atoms with Crippen LogP contribution in [0.1, 0.15) is 56.7 Å². The van der Waals surface area contributed by atoms with Crippen LogP contribution in [0.15, 0.2) is 66.7 Å². The molecule has 3 aromatic rings. The van der Waals surface area contributed by atoms with E-state index in [0.717, 1.165) is 57.8 Å². The number of phenolic OH excluding ortho intramolecular Hbond substituents is 2. The van der Waals surface area contributed by atoms with Gasteiger partial charge in [0, 0.05) is 47.5 Å². The van der Waals surface area contributed by atoms with Crippen LogP contribution in [0.5, 0.6) is 11.5 Å². The molecule has 2 spiro atoms. The van der Waals surface area contributed by atoms with E-state index in [-0.39, 0.29) is 24.6 Å². The second-order valence-electron chi connectivity index (χ2n) is 11.4. The monoisotopic (exact) mass is 580 g/mol. The molecule has 3 aromatic carbocycles. The van der Waals surface area contributed by atoms with Crippen LogP contribution in [0.25, 0.3) is 0 Å². The number of esters is 1. The van der Waals surface area contributed by atoms with Crippen LogP contribution in [0.2, 0.25) is 12.1 Å². The quantitative estimate of drug-likeness (QED) is 0.245. The maximum atomic E-state index is 13.4. The van der Waals surface area contributed by atoms with Gasteiger partial charge >= 0.3 is 5.97 Å². The number of ether oxygens (including phenoxy) is 1. The van der Waals surface area contributed by atoms with E-state index in [2.05, 4.69) is 5.32 Å². The Morgan fingerprint density at radius 1 is 0.833 bits per heavy atom. The Labute approximate surface area is 242 Å². The van der Waals surface area contributed by atoms with Crippen LogP contribution in [0.4, 0.5) is 0 Å². The summed E-state index contributed by atoms with van der Waals surface area (Å²) in [5.74, 6) is -1.52. The fraction of sp³-hybridized carbons (Fsp3) is 0.250. The standard InChI is InChI=1S/C32H28N2O7Si/c35-20-5-8-23-26(17-20)42(14-2-1-3-15-42)27-18-21(36)6-9-24(27)32(23)25-16-19(4-7-22(25)31(40)41-32)30(39)33-12-13-34-28(37)10-11-29(34)38/h4-11,16-18,35-36H,1-3,12-15H2,(H,33,39). The van der Waals surface area contributed by atoms with Crippen LogP contribution in [0, 0.1) is 0 Å². The summed E-state index contributed by atoms with van der Waals surface area (Å²) < 4.78 is 6.33. The Hall–Kier alpha value is -4.70. The molecule has 4 heterocycles. The maximum absolute atomic E-state index is 13.4. The lowest BCUT2D eigenvalue weighted by Crippen LogP contribution is -2.67. The van der Waals surface area contributed by atoms with E-state index in [1.807, 2.05) is 12.1 Å². The number of carbonyl (C=O) groups is 4. The fourth-order valence-corrected chi connectivity index (χ4v) is 13.0. The van der Waals surface area contributed by atoms with E-state index >= 15 is 0 Å². The Morgan fingerprint density at radius 3 is 2.07 bits per heavy atom. The highest BCUT2D eigenvalue weighted by molar-refractivity contribution is 7.03. The molecule has 42 heavy (non-hydrogen) atoms. The summed E-state index contributed by atoms with van der Waals surface area (Å²) >= 11 is 0. The molecule has 1 fully saturated rings. The summed E-state index contributed by atoms with van der Waals surface area (Å²) in [5.41, 5.74) is 1.37. The molecule has 0 aromatic heterocycles. The molecule has 4 aliphatic heterocycles. The molecule has 9 nitrogen and oxygen atoms in total. The molecule has 1 saturated heterocycles. The third-order valence-corrected chi connectivity index (χ3v) is 14.5. The van der Waals surface area contributed by atoms with Crippen molar-refractivity contribution >= 4 is 42.1 Å². The average molecular weight is 581 g/mol. The smallest absolute Gasteiger partial charge is 0.340 e. The zero-order chi connectivity index (χ0) is 29.2. The molecule has 0 atom stereocenters. The van der Waals surface area contributed by atoms with E-state index < -0.39 is 37.4 Å². The molecular formula is C32H28N2O7Si. The summed E-state index contributed by atoms with van der Waals surface area (Å²) in [6, 6.07) is 17.2. The van der Waals surface area contributed by atoms with E-state index in [1.54, 1.807) is 42.5 Å². The van der Waals surface area contributed by atoms with Crippen molar-refractivity contribution in [2.24, 2.45) is 0 Å². The number of carbonyl (C=O) groups excluding carboxylic acids is 4. The molecule has 0 aliphatic carbocycles. The van der Waals surface area contributed by atoms with Crippen molar-refractivity contribution in [2.45, 2.75) is 37.0 Å². The Bertz CT molecular complexity index is 1670. The summed E-state index contributed by atoms with van der Waals surface area (Å²) in [6.45, 7) is 0.0985. The number of rotatable bonds is 4. The Morgan fingerprint density at radius 2 is 1.45 bits per heavy atom. The Kier molecular flexibility index (Phi) is 5.88. The second kappa shape index (κ2) is 9.42. The van der Waals surface area contributed by atoms with Gasteiger partial charge in [0.05, 0.1) is 5.56 Å². The molecule has 0 saturated carbocycles. The van der Waals surface area contributed by atoms with Crippen LogP contribution in [0.3, 0.4) is 0 Å². The number of nitrogens with zero attached hydrogens (tertiary/aromatic N) is 1. The summed E-state index contributed by atoms with van der Waals surface area (Å²) in [4.78, 5) is 51.4. The molecule has 212 valence electrons. The number of aromatic hydroxyl groups is 2. The first kappa shape index (κ1) is 26.2. The highest BCUT2D eigenvalue weighted by Gasteiger charge is 2.58. The fourth-order valence-electron chi connectivity index (χ4n) is 7.29. The number of phenols is 2. The zero-order valence-electron chi connectivity index (χ0n) is 22.7. The maximum Gasteiger partial charge on any atom is 0.340 e. The van der Waals surface area contributed by atoms with Crippen molar-refractivity contribution in [2.75, 3.05) is 13.1 Å². The molecule has 7 rings (SSSR count). The van der Waals surface area contributed by atoms with E-state index in [0.29, 0.717) is 16.7 Å². The third kappa shape index (κ3) is 3.67. The van der Waals surface area contributed by atoms with Gasteiger partial charge in [0.2, 0.25) is 0 Å². The molecule has 4 aliphatic rings. The number of hydrogen-bond acceptors (Lipinski definition) is 7. The third-order valence-electron chi connectivity index (χ3n) is 9.15. The van der Waals surface area contributed by atoms with Gasteiger partial charge in [-0.3, -0.25) is 19.3 Å². The largest absolute Gasteiger partial charge is 0.508 e. The van der Waals surface area contributed by atoms with Gasteiger partial charge in [0.15, 0.2) is 5.60 Å². The van der Waals surface area contributed by atoms with Gasteiger partial charge in [-0.15, -0.1) is 0 Å². The number of nitrogens with one attached hydrogen (secondary N) is 1. The van der Waals surface area contributed by atoms with Crippen molar-refractivity contribution in [1.82, 2.24) is 10.2 Å². The van der Waals surface area contributed by atoms with Gasteiger partial charge in [0.1, 0.15) is 19.6 Å². The average Bonchev–Trinajstić information content (AvgIpc) is 3.47.